The van der Waals surface area contributed by atoms with Gasteiger partial charge >= 0.3 is 0 Å². The molecule has 0 aromatic carbocycles. The fourth-order valence-electron chi connectivity index (χ4n) is 1.82. The van der Waals surface area contributed by atoms with Gasteiger partial charge in [-0.15, -0.1) is 0 Å². The summed E-state index contributed by atoms with van der Waals surface area (Å²) >= 11 is 3.54. The van der Waals surface area contributed by atoms with Gasteiger partial charge in [-0.2, -0.15) is 5.10 Å². The lowest BCUT2D eigenvalue weighted by atomic mass is 10.1. The van der Waals surface area contributed by atoms with Gasteiger partial charge in [-0.25, -0.2) is 0 Å². The predicted octanol–water partition coefficient (Wildman–Crippen LogP) is 1.69. The van der Waals surface area contributed by atoms with Crippen molar-refractivity contribution in [2.75, 3.05) is 13.6 Å². The summed E-state index contributed by atoms with van der Waals surface area (Å²) in [7, 11) is 3.93. The minimum absolute atomic E-state index is 0.629. The van der Waals surface area contributed by atoms with Gasteiger partial charge in [0.25, 0.3) is 0 Å². The fourth-order valence-corrected chi connectivity index (χ4v) is 2.29. The van der Waals surface area contributed by atoms with Crippen molar-refractivity contribution in [3.8, 4) is 0 Å². The predicted molar refractivity (Wildman–Crippen MR) is 68.3 cm³/mol. The molecular formula is C11H20BrN3O. The van der Waals surface area contributed by atoms with E-state index in [1.54, 1.807) is 0 Å². The quantitative estimate of drug-likeness (QED) is 0.917. The number of hydrogen-bond donors (Lipinski definition) is 1. The SMILES string of the molecule is Cc1nn(C)c(CN(C)CC(C)(C)O)c1Br. The van der Waals surface area contributed by atoms with Crippen LogP contribution in [0.5, 0.6) is 0 Å². The standard InChI is InChI=1S/C11H20BrN3O/c1-8-10(12)9(15(5)13-8)6-14(4)7-11(2,3)16/h16H,6-7H2,1-5H3. The van der Waals surface area contributed by atoms with Crippen molar-refractivity contribution >= 4 is 15.9 Å². The highest BCUT2D eigenvalue weighted by Gasteiger charge is 2.18. The van der Waals surface area contributed by atoms with E-state index in [1.807, 2.05) is 39.5 Å². The van der Waals surface area contributed by atoms with E-state index in [9.17, 15) is 5.11 Å². The van der Waals surface area contributed by atoms with Gasteiger partial charge < -0.3 is 5.11 Å². The van der Waals surface area contributed by atoms with Crippen molar-refractivity contribution in [3.05, 3.63) is 15.9 Å². The largest absolute Gasteiger partial charge is 0.389 e. The van der Waals surface area contributed by atoms with Crippen molar-refractivity contribution in [2.45, 2.75) is 32.9 Å². The number of aliphatic hydroxyl groups is 1. The van der Waals surface area contributed by atoms with Crippen LogP contribution in [-0.2, 0) is 13.6 Å². The van der Waals surface area contributed by atoms with E-state index in [-0.39, 0.29) is 0 Å². The number of likely N-dealkylation sites (N-methyl/N-ethyl adjacent to an activating group) is 1. The van der Waals surface area contributed by atoms with Crippen molar-refractivity contribution in [1.29, 1.82) is 0 Å². The Morgan fingerprint density at radius 3 is 2.44 bits per heavy atom. The van der Waals surface area contributed by atoms with E-state index < -0.39 is 5.60 Å². The highest BCUT2D eigenvalue weighted by atomic mass is 79.9. The van der Waals surface area contributed by atoms with Gasteiger partial charge in [-0.3, -0.25) is 9.58 Å². The average Bonchev–Trinajstić information content (AvgIpc) is 2.29. The van der Waals surface area contributed by atoms with Crippen molar-refractivity contribution < 1.29 is 5.11 Å². The second-order valence-electron chi connectivity index (χ2n) is 4.95. The van der Waals surface area contributed by atoms with Crippen LogP contribution in [0, 0.1) is 6.92 Å². The first-order valence-corrected chi connectivity index (χ1v) is 6.09. The molecule has 1 N–H and O–H groups in total. The third-order valence-corrected chi connectivity index (χ3v) is 3.37. The molecule has 0 unspecified atom stereocenters. The third-order valence-electron chi connectivity index (χ3n) is 2.34. The smallest absolute Gasteiger partial charge is 0.0739 e. The molecule has 0 amide bonds. The molecule has 1 aromatic heterocycles. The van der Waals surface area contributed by atoms with Crippen molar-refractivity contribution in [3.63, 3.8) is 0 Å². The summed E-state index contributed by atoms with van der Waals surface area (Å²) in [5, 5.41) is 14.1. The number of nitrogens with zero attached hydrogens (tertiary/aromatic N) is 3. The molecule has 1 rings (SSSR count). The van der Waals surface area contributed by atoms with Crippen LogP contribution in [-0.4, -0.2) is 39.0 Å². The first kappa shape index (κ1) is 13.7. The zero-order valence-electron chi connectivity index (χ0n) is 10.6. The summed E-state index contributed by atoms with van der Waals surface area (Å²) in [4.78, 5) is 2.08. The Balaban J connectivity index is 2.73. The zero-order valence-corrected chi connectivity index (χ0v) is 12.2. The summed E-state index contributed by atoms with van der Waals surface area (Å²) in [6.45, 7) is 7.00. The van der Waals surface area contributed by atoms with E-state index in [2.05, 4.69) is 25.9 Å². The number of halogens is 1. The van der Waals surface area contributed by atoms with Crippen LogP contribution >= 0.6 is 15.9 Å². The summed E-state index contributed by atoms with van der Waals surface area (Å²) in [5.74, 6) is 0. The van der Waals surface area contributed by atoms with Crippen LogP contribution in [0.4, 0.5) is 0 Å². The lowest BCUT2D eigenvalue weighted by Crippen LogP contribution is -2.36. The van der Waals surface area contributed by atoms with E-state index >= 15 is 0 Å². The monoisotopic (exact) mass is 289 g/mol. The maximum atomic E-state index is 9.73. The maximum Gasteiger partial charge on any atom is 0.0739 e. The molecule has 0 aliphatic heterocycles. The van der Waals surface area contributed by atoms with Crippen molar-refractivity contribution in [1.82, 2.24) is 14.7 Å². The van der Waals surface area contributed by atoms with Gasteiger partial charge in [0.15, 0.2) is 0 Å². The highest BCUT2D eigenvalue weighted by Crippen LogP contribution is 2.21. The molecule has 4 nitrogen and oxygen atoms in total. The van der Waals surface area contributed by atoms with Crippen LogP contribution in [0.3, 0.4) is 0 Å². The summed E-state index contributed by atoms with van der Waals surface area (Å²) < 4.78 is 2.93. The van der Waals surface area contributed by atoms with Crippen molar-refractivity contribution in [2.24, 2.45) is 7.05 Å². The van der Waals surface area contributed by atoms with E-state index in [4.69, 9.17) is 0 Å². The summed E-state index contributed by atoms with van der Waals surface area (Å²) in [6, 6.07) is 0. The minimum Gasteiger partial charge on any atom is -0.389 e. The summed E-state index contributed by atoms with van der Waals surface area (Å²) in [5.41, 5.74) is 1.45. The van der Waals surface area contributed by atoms with Crippen LogP contribution in [0.15, 0.2) is 4.47 Å². The Hall–Kier alpha value is -0.390. The number of aryl methyl sites for hydroxylation is 2. The first-order chi connectivity index (χ1) is 7.20. The first-order valence-electron chi connectivity index (χ1n) is 5.29. The fraction of sp³-hybridized carbons (Fsp3) is 0.727. The molecule has 0 saturated heterocycles. The van der Waals surface area contributed by atoms with Gasteiger partial charge in [0.05, 0.1) is 21.5 Å². The van der Waals surface area contributed by atoms with E-state index in [0.29, 0.717) is 6.54 Å². The molecule has 92 valence electrons. The zero-order chi connectivity index (χ0) is 12.5. The second kappa shape index (κ2) is 4.85. The van der Waals surface area contributed by atoms with Gasteiger partial charge in [-0.1, -0.05) is 0 Å². The lowest BCUT2D eigenvalue weighted by molar-refractivity contribution is 0.0418. The summed E-state index contributed by atoms with van der Waals surface area (Å²) in [6.07, 6.45) is 0. The van der Waals surface area contributed by atoms with Crippen LogP contribution in [0.2, 0.25) is 0 Å². The van der Waals surface area contributed by atoms with Crippen LogP contribution in [0.25, 0.3) is 0 Å². The van der Waals surface area contributed by atoms with Crippen LogP contribution < -0.4 is 0 Å². The lowest BCUT2D eigenvalue weighted by Gasteiger charge is -2.25. The molecule has 0 spiro atoms. The third kappa shape index (κ3) is 3.57. The topological polar surface area (TPSA) is 41.3 Å². The van der Waals surface area contributed by atoms with Gasteiger partial charge in [0.1, 0.15) is 0 Å². The molecule has 0 aliphatic carbocycles. The second-order valence-corrected chi connectivity index (χ2v) is 5.75. The number of rotatable bonds is 4. The average molecular weight is 290 g/mol. The Labute approximate surface area is 105 Å². The molecule has 0 aliphatic rings. The number of aromatic nitrogens is 2. The maximum absolute atomic E-state index is 9.73. The van der Waals surface area contributed by atoms with Gasteiger partial charge in [0, 0.05) is 20.1 Å². The molecule has 5 heteroatoms. The molecule has 0 bridgehead atoms. The molecule has 0 saturated carbocycles. The van der Waals surface area contributed by atoms with E-state index in [1.165, 1.54) is 0 Å². The van der Waals surface area contributed by atoms with E-state index in [0.717, 1.165) is 22.4 Å². The molecular weight excluding hydrogens is 270 g/mol. The Morgan fingerprint density at radius 2 is 2.06 bits per heavy atom. The minimum atomic E-state index is -0.672. The Morgan fingerprint density at radius 1 is 1.50 bits per heavy atom. The Bertz CT molecular complexity index is 368. The van der Waals surface area contributed by atoms with Gasteiger partial charge in [0.2, 0.25) is 0 Å². The molecule has 16 heavy (non-hydrogen) atoms. The normalized spacial score (nSPS) is 12.5. The molecule has 0 fully saturated rings. The molecule has 0 atom stereocenters. The highest BCUT2D eigenvalue weighted by molar-refractivity contribution is 9.10. The molecule has 0 radical (unpaired) electrons. The molecule has 1 aromatic rings. The van der Waals surface area contributed by atoms with Gasteiger partial charge in [-0.05, 0) is 43.7 Å². The Kier molecular flexibility index (Phi) is 4.15. The molecule has 1 heterocycles. The number of hydrogen-bond acceptors (Lipinski definition) is 3. The van der Waals surface area contributed by atoms with Crippen LogP contribution in [0.1, 0.15) is 25.2 Å².